The number of ketones is 2. The Bertz CT molecular complexity index is 435. The van der Waals surface area contributed by atoms with Crippen LogP contribution in [0.25, 0.3) is 0 Å². The van der Waals surface area contributed by atoms with Crippen molar-refractivity contribution in [1.29, 1.82) is 0 Å². The zero-order chi connectivity index (χ0) is 16.4. The minimum Gasteiger partial charge on any atom is -0.465 e. The van der Waals surface area contributed by atoms with Crippen molar-refractivity contribution in [3.8, 4) is 0 Å². The van der Waals surface area contributed by atoms with Gasteiger partial charge in [0.05, 0.1) is 18.8 Å². The molecule has 0 heterocycles. The molecule has 0 rings (SSSR count). The molecule has 0 aromatic rings. The van der Waals surface area contributed by atoms with E-state index in [4.69, 9.17) is 9.47 Å². The van der Waals surface area contributed by atoms with Crippen molar-refractivity contribution < 1.29 is 28.7 Å². The Hall–Kier alpha value is -1.98. The van der Waals surface area contributed by atoms with Crippen molar-refractivity contribution in [1.82, 2.24) is 0 Å². The lowest BCUT2D eigenvalue weighted by Gasteiger charge is -2.15. The van der Waals surface area contributed by atoms with E-state index in [0.29, 0.717) is 0 Å². The molecule has 0 saturated carbocycles. The van der Waals surface area contributed by atoms with Gasteiger partial charge in [0, 0.05) is 6.42 Å². The largest absolute Gasteiger partial charge is 0.465 e. The number of allylic oxidation sites excluding steroid dienone is 1. The van der Waals surface area contributed by atoms with Crippen LogP contribution in [0.1, 0.15) is 40.5 Å². The highest BCUT2D eigenvalue weighted by Gasteiger charge is 2.33. The number of carbonyl (C=O) groups is 4. The van der Waals surface area contributed by atoms with Crippen LogP contribution in [0.4, 0.5) is 0 Å². The molecule has 0 aliphatic carbocycles. The molecule has 6 nitrogen and oxygen atoms in total. The Kier molecular flexibility index (Phi) is 8.92. The topological polar surface area (TPSA) is 86.7 Å². The lowest BCUT2D eigenvalue weighted by atomic mass is 9.93. The fourth-order valence-corrected chi connectivity index (χ4v) is 1.70. The molecule has 118 valence electrons. The SMILES string of the molecule is CCOC(=O)/C(=C/CCC(C)=O)C(C(C)=O)C(=O)OCC. The first-order valence-corrected chi connectivity index (χ1v) is 6.88. The molecule has 0 spiro atoms. The van der Waals surface area contributed by atoms with E-state index < -0.39 is 23.6 Å². The second-order valence-electron chi connectivity index (χ2n) is 4.42. The molecule has 6 heteroatoms. The van der Waals surface area contributed by atoms with Crippen LogP contribution in [0.2, 0.25) is 0 Å². The third-order valence-corrected chi connectivity index (χ3v) is 2.61. The van der Waals surface area contributed by atoms with Gasteiger partial charge in [-0.15, -0.1) is 0 Å². The zero-order valence-corrected chi connectivity index (χ0v) is 12.9. The number of hydrogen-bond acceptors (Lipinski definition) is 6. The Balaban J connectivity index is 5.38. The van der Waals surface area contributed by atoms with Crippen molar-refractivity contribution in [2.24, 2.45) is 5.92 Å². The lowest BCUT2D eigenvalue weighted by molar-refractivity contribution is -0.152. The van der Waals surface area contributed by atoms with Gasteiger partial charge in [0.1, 0.15) is 17.5 Å². The predicted molar refractivity (Wildman–Crippen MR) is 75.4 cm³/mol. The molecule has 0 saturated heterocycles. The van der Waals surface area contributed by atoms with Crippen LogP contribution >= 0.6 is 0 Å². The molecule has 0 bridgehead atoms. The average molecular weight is 298 g/mol. The van der Waals surface area contributed by atoms with Gasteiger partial charge in [0.15, 0.2) is 0 Å². The summed E-state index contributed by atoms with van der Waals surface area (Å²) in [6, 6.07) is 0. The van der Waals surface area contributed by atoms with Crippen molar-refractivity contribution in [3.05, 3.63) is 11.6 Å². The van der Waals surface area contributed by atoms with Gasteiger partial charge in [-0.1, -0.05) is 6.08 Å². The second-order valence-corrected chi connectivity index (χ2v) is 4.42. The summed E-state index contributed by atoms with van der Waals surface area (Å²) in [6.45, 7) is 6.09. The van der Waals surface area contributed by atoms with Crippen LogP contribution in [0, 0.1) is 5.92 Å². The monoisotopic (exact) mass is 298 g/mol. The zero-order valence-electron chi connectivity index (χ0n) is 12.9. The van der Waals surface area contributed by atoms with Gasteiger partial charge in [0.25, 0.3) is 0 Å². The maximum atomic E-state index is 11.9. The Labute approximate surface area is 124 Å². The van der Waals surface area contributed by atoms with E-state index in [-0.39, 0.29) is 37.4 Å². The molecule has 0 N–H and O–H groups in total. The molecule has 0 aromatic carbocycles. The standard InChI is InChI=1S/C15H22O6/c1-5-20-14(18)12(9-7-8-10(3)16)13(11(4)17)15(19)21-6-2/h9,13H,5-8H2,1-4H3/b12-9+. The highest BCUT2D eigenvalue weighted by molar-refractivity contribution is 6.08. The maximum Gasteiger partial charge on any atom is 0.335 e. The molecule has 0 amide bonds. The average Bonchev–Trinajstić information content (AvgIpc) is 2.37. The van der Waals surface area contributed by atoms with Gasteiger partial charge in [-0.3, -0.25) is 9.59 Å². The fourth-order valence-electron chi connectivity index (χ4n) is 1.70. The van der Waals surface area contributed by atoms with Crippen molar-refractivity contribution in [2.75, 3.05) is 13.2 Å². The first-order chi connectivity index (χ1) is 9.84. The van der Waals surface area contributed by atoms with E-state index in [1.165, 1.54) is 19.9 Å². The number of Topliss-reactive ketones (excluding diaryl/α,β-unsaturated/α-hetero) is 2. The number of hydrogen-bond donors (Lipinski definition) is 0. The molecular formula is C15H22O6. The van der Waals surface area contributed by atoms with Gasteiger partial charge in [-0.05, 0) is 34.1 Å². The summed E-state index contributed by atoms with van der Waals surface area (Å²) in [7, 11) is 0. The van der Waals surface area contributed by atoms with Crippen LogP contribution < -0.4 is 0 Å². The molecular weight excluding hydrogens is 276 g/mol. The molecule has 0 aromatic heterocycles. The summed E-state index contributed by atoms with van der Waals surface area (Å²) in [5.74, 6) is -3.39. The van der Waals surface area contributed by atoms with Crippen LogP contribution in [-0.2, 0) is 28.7 Å². The molecule has 1 unspecified atom stereocenters. The summed E-state index contributed by atoms with van der Waals surface area (Å²) in [4.78, 5) is 46.5. The number of rotatable bonds is 9. The number of carbonyl (C=O) groups excluding carboxylic acids is 4. The van der Waals surface area contributed by atoms with E-state index in [0.717, 1.165) is 0 Å². The van der Waals surface area contributed by atoms with E-state index in [1.54, 1.807) is 13.8 Å². The summed E-state index contributed by atoms with van der Waals surface area (Å²) in [6.07, 6.45) is 1.88. The third-order valence-electron chi connectivity index (χ3n) is 2.61. The fraction of sp³-hybridized carbons (Fsp3) is 0.600. The smallest absolute Gasteiger partial charge is 0.335 e. The predicted octanol–water partition coefficient (Wildman–Crippen LogP) is 1.61. The lowest BCUT2D eigenvalue weighted by Crippen LogP contribution is -2.30. The van der Waals surface area contributed by atoms with E-state index in [2.05, 4.69) is 0 Å². The Morgan fingerprint density at radius 3 is 2.00 bits per heavy atom. The third kappa shape index (κ3) is 6.83. The van der Waals surface area contributed by atoms with Crippen molar-refractivity contribution in [3.63, 3.8) is 0 Å². The Morgan fingerprint density at radius 1 is 1.00 bits per heavy atom. The van der Waals surface area contributed by atoms with Crippen molar-refractivity contribution in [2.45, 2.75) is 40.5 Å². The van der Waals surface area contributed by atoms with Crippen LogP contribution in [0.3, 0.4) is 0 Å². The molecule has 0 fully saturated rings. The van der Waals surface area contributed by atoms with Gasteiger partial charge >= 0.3 is 11.9 Å². The summed E-state index contributed by atoms with van der Waals surface area (Å²) in [5.41, 5.74) is -0.0657. The minimum absolute atomic E-state index is 0.0510. The molecule has 21 heavy (non-hydrogen) atoms. The van der Waals surface area contributed by atoms with Crippen molar-refractivity contribution >= 4 is 23.5 Å². The van der Waals surface area contributed by atoms with Gasteiger partial charge in [-0.25, -0.2) is 4.79 Å². The molecule has 0 aliphatic rings. The molecule has 0 radical (unpaired) electrons. The molecule has 0 aliphatic heterocycles. The van der Waals surface area contributed by atoms with E-state index >= 15 is 0 Å². The summed E-state index contributed by atoms with van der Waals surface area (Å²) in [5, 5.41) is 0. The summed E-state index contributed by atoms with van der Waals surface area (Å²) >= 11 is 0. The minimum atomic E-state index is -1.31. The van der Waals surface area contributed by atoms with E-state index in [9.17, 15) is 19.2 Å². The normalized spacial score (nSPS) is 12.5. The Morgan fingerprint density at radius 2 is 1.57 bits per heavy atom. The van der Waals surface area contributed by atoms with Gasteiger partial charge in [-0.2, -0.15) is 0 Å². The summed E-state index contributed by atoms with van der Waals surface area (Å²) < 4.78 is 9.70. The van der Waals surface area contributed by atoms with E-state index in [1.807, 2.05) is 0 Å². The van der Waals surface area contributed by atoms with Gasteiger partial charge < -0.3 is 14.3 Å². The number of esters is 2. The first kappa shape index (κ1) is 19.0. The quantitative estimate of drug-likeness (QED) is 0.365. The first-order valence-electron chi connectivity index (χ1n) is 6.88. The van der Waals surface area contributed by atoms with Crippen LogP contribution in [-0.4, -0.2) is 36.7 Å². The number of ether oxygens (including phenoxy) is 2. The highest BCUT2D eigenvalue weighted by atomic mass is 16.5. The van der Waals surface area contributed by atoms with Crippen LogP contribution in [0.15, 0.2) is 11.6 Å². The molecule has 1 atom stereocenters. The second kappa shape index (κ2) is 9.85. The van der Waals surface area contributed by atoms with Gasteiger partial charge in [0.2, 0.25) is 0 Å². The maximum absolute atomic E-state index is 11.9. The van der Waals surface area contributed by atoms with Crippen LogP contribution in [0.5, 0.6) is 0 Å². The highest BCUT2D eigenvalue weighted by Crippen LogP contribution is 2.18.